The fourth-order valence-electron chi connectivity index (χ4n) is 2.16. The molecule has 5 nitrogen and oxygen atoms in total. The van der Waals surface area contributed by atoms with Crippen LogP contribution in [0.3, 0.4) is 0 Å². The third-order valence-corrected chi connectivity index (χ3v) is 3.24. The molecule has 0 atom stereocenters. The molecule has 0 spiro atoms. The zero-order chi connectivity index (χ0) is 13.7. The molecule has 5 heteroatoms. The first-order valence-corrected chi connectivity index (χ1v) is 6.71. The molecule has 1 aromatic rings. The van der Waals surface area contributed by atoms with Gasteiger partial charge in [0.15, 0.2) is 0 Å². The van der Waals surface area contributed by atoms with E-state index in [-0.39, 0.29) is 18.6 Å². The van der Waals surface area contributed by atoms with Gasteiger partial charge in [-0.05, 0) is 51.9 Å². The second-order valence-electron chi connectivity index (χ2n) is 4.89. The number of aryl methyl sites for hydroxylation is 2. The lowest BCUT2D eigenvalue weighted by Crippen LogP contribution is -2.34. The molecule has 0 saturated carbocycles. The number of piperidine rings is 1. The minimum absolute atomic E-state index is 0.109. The summed E-state index contributed by atoms with van der Waals surface area (Å²) in [4.78, 5) is 16.1. The third-order valence-electron chi connectivity index (χ3n) is 3.24. The Bertz CT molecular complexity index is 442. The van der Waals surface area contributed by atoms with Gasteiger partial charge >= 0.3 is 0 Å². The zero-order valence-corrected chi connectivity index (χ0v) is 11.5. The van der Waals surface area contributed by atoms with Crippen molar-refractivity contribution in [3.05, 3.63) is 23.5 Å². The first-order chi connectivity index (χ1) is 9.15. The van der Waals surface area contributed by atoms with Crippen LogP contribution in [0, 0.1) is 13.8 Å². The van der Waals surface area contributed by atoms with E-state index in [1.807, 2.05) is 26.0 Å². The summed E-state index contributed by atoms with van der Waals surface area (Å²) in [5.41, 5.74) is 2.53. The number of aromatic nitrogens is 1. The number of carbonyl (C=O) groups is 1. The summed E-state index contributed by atoms with van der Waals surface area (Å²) < 4.78 is 5.61. The van der Waals surface area contributed by atoms with Gasteiger partial charge in [0, 0.05) is 5.69 Å². The molecule has 1 aliphatic rings. The third kappa shape index (κ3) is 4.29. The van der Waals surface area contributed by atoms with Crippen molar-refractivity contribution in [3.63, 3.8) is 0 Å². The molecule has 0 radical (unpaired) electrons. The van der Waals surface area contributed by atoms with Gasteiger partial charge in [-0.25, -0.2) is 0 Å². The summed E-state index contributed by atoms with van der Waals surface area (Å²) in [6.45, 7) is 5.85. The molecule has 2 N–H and O–H groups in total. The van der Waals surface area contributed by atoms with E-state index in [4.69, 9.17) is 4.74 Å². The molecule has 1 saturated heterocycles. The van der Waals surface area contributed by atoms with Crippen molar-refractivity contribution in [3.8, 4) is 0 Å². The lowest BCUT2D eigenvalue weighted by atomic mass is 10.1. The van der Waals surface area contributed by atoms with Crippen LogP contribution in [0.1, 0.15) is 24.2 Å². The highest BCUT2D eigenvalue weighted by atomic mass is 16.5. The number of ether oxygens (including phenoxy) is 1. The van der Waals surface area contributed by atoms with Crippen LogP contribution in [-0.4, -0.2) is 36.7 Å². The van der Waals surface area contributed by atoms with E-state index in [9.17, 15) is 4.79 Å². The predicted octanol–water partition coefficient (Wildman–Crippen LogP) is 1.41. The predicted molar refractivity (Wildman–Crippen MR) is 74.2 cm³/mol. The fourth-order valence-corrected chi connectivity index (χ4v) is 2.16. The minimum Gasteiger partial charge on any atom is -0.368 e. The van der Waals surface area contributed by atoms with Gasteiger partial charge in [-0.1, -0.05) is 0 Å². The number of nitrogens with zero attached hydrogens (tertiary/aromatic N) is 1. The highest BCUT2D eigenvalue weighted by Crippen LogP contribution is 2.13. The lowest BCUT2D eigenvalue weighted by molar-refractivity contribution is -0.123. The number of pyridine rings is 1. The molecule has 2 heterocycles. The van der Waals surface area contributed by atoms with E-state index in [1.165, 1.54) is 0 Å². The van der Waals surface area contributed by atoms with Gasteiger partial charge in [0.25, 0.3) is 0 Å². The van der Waals surface area contributed by atoms with Crippen LogP contribution < -0.4 is 10.6 Å². The highest BCUT2D eigenvalue weighted by molar-refractivity contribution is 5.92. The SMILES string of the molecule is Cc1ccc(NC(=O)COC2CCNCC2)c(C)n1. The van der Waals surface area contributed by atoms with Gasteiger partial charge in [0.1, 0.15) is 6.61 Å². The van der Waals surface area contributed by atoms with Gasteiger partial charge in [0.2, 0.25) is 5.91 Å². The number of anilines is 1. The Morgan fingerprint density at radius 1 is 1.42 bits per heavy atom. The van der Waals surface area contributed by atoms with Crippen molar-refractivity contribution in [2.24, 2.45) is 0 Å². The molecule has 19 heavy (non-hydrogen) atoms. The van der Waals surface area contributed by atoms with E-state index >= 15 is 0 Å². The number of hydrogen-bond donors (Lipinski definition) is 2. The summed E-state index contributed by atoms with van der Waals surface area (Å²) >= 11 is 0. The quantitative estimate of drug-likeness (QED) is 0.862. The van der Waals surface area contributed by atoms with Crippen molar-refractivity contribution < 1.29 is 9.53 Å². The van der Waals surface area contributed by atoms with E-state index in [1.54, 1.807) is 0 Å². The van der Waals surface area contributed by atoms with Gasteiger partial charge in [-0.15, -0.1) is 0 Å². The number of hydrogen-bond acceptors (Lipinski definition) is 4. The van der Waals surface area contributed by atoms with E-state index in [0.29, 0.717) is 0 Å². The Hall–Kier alpha value is -1.46. The van der Waals surface area contributed by atoms with Crippen LogP contribution in [0.25, 0.3) is 0 Å². The first kappa shape index (κ1) is 14.0. The van der Waals surface area contributed by atoms with Crippen LogP contribution in [0.2, 0.25) is 0 Å². The standard InChI is InChI=1S/C14H21N3O2/c1-10-3-4-13(11(2)16-10)17-14(18)9-19-12-5-7-15-8-6-12/h3-4,12,15H,5-9H2,1-2H3,(H,17,18). The molecule has 0 aromatic carbocycles. The summed E-state index contributed by atoms with van der Waals surface area (Å²) in [5.74, 6) is -0.118. The number of rotatable bonds is 4. The van der Waals surface area contributed by atoms with Crippen LogP contribution in [0.15, 0.2) is 12.1 Å². The number of nitrogens with one attached hydrogen (secondary N) is 2. The maximum Gasteiger partial charge on any atom is 0.250 e. The smallest absolute Gasteiger partial charge is 0.250 e. The van der Waals surface area contributed by atoms with Crippen LogP contribution >= 0.6 is 0 Å². The maximum absolute atomic E-state index is 11.8. The maximum atomic E-state index is 11.8. The Kier molecular flexibility index (Phi) is 4.87. The molecule has 0 unspecified atom stereocenters. The molecule has 1 amide bonds. The largest absolute Gasteiger partial charge is 0.368 e. The Morgan fingerprint density at radius 2 is 2.16 bits per heavy atom. The van der Waals surface area contributed by atoms with Crippen molar-refractivity contribution in [1.29, 1.82) is 0 Å². The molecule has 2 rings (SSSR count). The summed E-state index contributed by atoms with van der Waals surface area (Å²) in [6.07, 6.45) is 2.14. The second kappa shape index (κ2) is 6.63. The van der Waals surface area contributed by atoms with E-state index < -0.39 is 0 Å². The van der Waals surface area contributed by atoms with Crippen molar-refractivity contribution in [2.45, 2.75) is 32.8 Å². The first-order valence-electron chi connectivity index (χ1n) is 6.71. The van der Waals surface area contributed by atoms with Gasteiger partial charge in [-0.3, -0.25) is 9.78 Å². The Balaban J connectivity index is 1.80. The summed E-state index contributed by atoms with van der Waals surface area (Å²) in [6, 6.07) is 3.76. The number of amides is 1. The van der Waals surface area contributed by atoms with Crippen molar-refractivity contribution in [1.82, 2.24) is 10.3 Å². The summed E-state index contributed by atoms with van der Waals surface area (Å²) in [7, 11) is 0. The normalized spacial score (nSPS) is 16.3. The van der Waals surface area contributed by atoms with Gasteiger partial charge < -0.3 is 15.4 Å². The second-order valence-corrected chi connectivity index (χ2v) is 4.89. The Labute approximate surface area is 113 Å². The van der Waals surface area contributed by atoms with Crippen LogP contribution in [-0.2, 0) is 9.53 Å². The molecule has 1 aromatic heterocycles. The molecule has 1 aliphatic heterocycles. The monoisotopic (exact) mass is 263 g/mol. The average Bonchev–Trinajstić information content (AvgIpc) is 2.41. The topological polar surface area (TPSA) is 63.2 Å². The Morgan fingerprint density at radius 3 is 2.84 bits per heavy atom. The lowest BCUT2D eigenvalue weighted by Gasteiger charge is -2.22. The molecular formula is C14H21N3O2. The number of carbonyl (C=O) groups excluding carboxylic acids is 1. The fraction of sp³-hybridized carbons (Fsp3) is 0.571. The molecule has 104 valence electrons. The molecular weight excluding hydrogens is 242 g/mol. The van der Waals surface area contributed by atoms with Crippen LogP contribution in [0.4, 0.5) is 5.69 Å². The molecule has 0 bridgehead atoms. The minimum atomic E-state index is -0.118. The van der Waals surface area contributed by atoms with Crippen LogP contribution in [0.5, 0.6) is 0 Å². The zero-order valence-electron chi connectivity index (χ0n) is 11.5. The van der Waals surface area contributed by atoms with Gasteiger partial charge in [-0.2, -0.15) is 0 Å². The van der Waals surface area contributed by atoms with E-state index in [2.05, 4.69) is 15.6 Å². The summed E-state index contributed by atoms with van der Waals surface area (Å²) in [5, 5.41) is 6.10. The van der Waals surface area contributed by atoms with E-state index in [0.717, 1.165) is 43.0 Å². The average molecular weight is 263 g/mol. The molecule has 1 fully saturated rings. The van der Waals surface area contributed by atoms with Gasteiger partial charge in [0.05, 0.1) is 17.5 Å². The van der Waals surface area contributed by atoms with Crippen molar-refractivity contribution in [2.75, 3.05) is 25.0 Å². The molecule has 0 aliphatic carbocycles. The highest BCUT2D eigenvalue weighted by Gasteiger charge is 2.15. The van der Waals surface area contributed by atoms with Crippen molar-refractivity contribution >= 4 is 11.6 Å².